The van der Waals surface area contributed by atoms with Gasteiger partial charge < -0.3 is 14.9 Å². The molecule has 0 radical (unpaired) electrons. The summed E-state index contributed by atoms with van der Waals surface area (Å²) < 4.78 is 5.09. The highest BCUT2D eigenvalue weighted by Gasteiger charge is 2.46. The van der Waals surface area contributed by atoms with Crippen molar-refractivity contribution in [3.8, 4) is 11.5 Å². The van der Waals surface area contributed by atoms with Crippen LogP contribution in [0.3, 0.4) is 0 Å². The van der Waals surface area contributed by atoms with E-state index in [9.17, 15) is 10.2 Å². The Bertz CT molecular complexity index is 397. The van der Waals surface area contributed by atoms with Gasteiger partial charge in [-0.25, -0.2) is 0 Å². The van der Waals surface area contributed by atoms with E-state index >= 15 is 0 Å². The zero-order chi connectivity index (χ0) is 11.9. The molecule has 1 aromatic carbocycles. The molecule has 1 aliphatic carbocycles. The quantitative estimate of drug-likeness (QED) is 0.857. The summed E-state index contributed by atoms with van der Waals surface area (Å²) in [5, 5.41) is 20.6. The van der Waals surface area contributed by atoms with E-state index in [0.29, 0.717) is 29.2 Å². The van der Waals surface area contributed by atoms with E-state index < -0.39 is 5.60 Å². The lowest BCUT2D eigenvalue weighted by Gasteiger charge is -2.17. The highest BCUT2D eigenvalue weighted by molar-refractivity contribution is 6.32. The van der Waals surface area contributed by atoms with Gasteiger partial charge in [0.15, 0.2) is 11.5 Å². The molecule has 4 heteroatoms. The van der Waals surface area contributed by atoms with Crippen LogP contribution in [0.2, 0.25) is 5.02 Å². The summed E-state index contributed by atoms with van der Waals surface area (Å²) in [4.78, 5) is 0. The van der Waals surface area contributed by atoms with E-state index in [0.717, 1.165) is 12.0 Å². The predicted molar refractivity (Wildman–Crippen MR) is 62.2 cm³/mol. The average molecular weight is 243 g/mol. The van der Waals surface area contributed by atoms with Crippen LogP contribution in [0.4, 0.5) is 0 Å². The third-order valence-electron chi connectivity index (χ3n) is 3.07. The Morgan fingerprint density at radius 3 is 2.56 bits per heavy atom. The molecule has 0 aromatic heterocycles. The van der Waals surface area contributed by atoms with E-state index in [-0.39, 0.29) is 5.75 Å². The number of halogens is 1. The normalized spacial score (nSPS) is 17.2. The molecule has 0 amide bonds. The summed E-state index contributed by atoms with van der Waals surface area (Å²) in [5.41, 5.74) is 0.344. The Balaban J connectivity index is 2.64. The van der Waals surface area contributed by atoms with Crippen molar-refractivity contribution in [1.29, 1.82) is 0 Å². The van der Waals surface area contributed by atoms with Crippen LogP contribution >= 0.6 is 11.6 Å². The second kappa shape index (κ2) is 3.82. The van der Waals surface area contributed by atoms with E-state index in [1.54, 1.807) is 6.07 Å². The summed E-state index contributed by atoms with van der Waals surface area (Å²) in [5.74, 6) is 0.335. The van der Waals surface area contributed by atoms with Crippen LogP contribution < -0.4 is 4.74 Å². The van der Waals surface area contributed by atoms with Crippen LogP contribution in [0.1, 0.15) is 30.9 Å². The summed E-state index contributed by atoms with van der Waals surface area (Å²) in [6.07, 6.45) is 2.01. The number of aryl methyl sites for hydroxylation is 1. The molecule has 0 unspecified atom stereocenters. The van der Waals surface area contributed by atoms with Gasteiger partial charge in [-0.2, -0.15) is 0 Å². The zero-order valence-corrected chi connectivity index (χ0v) is 10.1. The van der Waals surface area contributed by atoms with Gasteiger partial charge in [-0.1, -0.05) is 18.5 Å². The van der Waals surface area contributed by atoms with Crippen molar-refractivity contribution in [1.82, 2.24) is 0 Å². The molecule has 0 atom stereocenters. The first-order valence-corrected chi connectivity index (χ1v) is 5.72. The molecule has 0 heterocycles. The third kappa shape index (κ3) is 1.64. The first kappa shape index (κ1) is 11.6. The van der Waals surface area contributed by atoms with E-state index in [1.165, 1.54) is 7.11 Å². The van der Waals surface area contributed by atoms with Gasteiger partial charge in [0.2, 0.25) is 0 Å². The van der Waals surface area contributed by atoms with Crippen molar-refractivity contribution < 1.29 is 14.9 Å². The number of aliphatic hydroxyl groups is 1. The van der Waals surface area contributed by atoms with Gasteiger partial charge in [0.1, 0.15) is 0 Å². The molecule has 0 bridgehead atoms. The minimum absolute atomic E-state index is 0.0373. The number of methoxy groups -OCH3 is 1. The largest absolute Gasteiger partial charge is 0.504 e. The number of ether oxygens (including phenoxy) is 1. The molecular weight excluding hydrogens is 228 g/mol. The van der Waals surface area contributed by atoms with E-state index in [4.69, 9.17) is 16.3 Å². The highest BCUT2D eigenvalue weighted by Crippen LogP contribution is 2.54. The number of hydrogen-bond donors (Lipinski definition) is 2. The van der Waals surface area contributed by atoms with Crippen molar-refractivity contribution in [2.24, 2.45) is 0 Å². The topological polar surface area (TPSA) is 49.7 Å². The lowest BCUT2D eigenvalue weighted by atomic mass is 10.0. The van der Waals surface area contributed by atoms with Gasteiger partial charge in [0.05, 0.1) is 17.7 Å². The number of rotatable bonds is 3. The second-order valence-corrected chi connectivity index (χ2v) is 4.54. The maximum absolute atomic E-state index is 10.1. The summed E-state index contributed by atoms with van der Waals surface area (Å²) in [7, 11) is 1.49. The molecule has 1 aromatic rings. The molecule has 0 spiro atoms. The molecule has 1 fully saturated rings. The van der Waals surface area contributed by atoms with Crippen LogP contribution in [0.5, 0.6) is 11.5 Å². The van der Waals surface area contributed by atoms with Crippen LogP contribution in [0, 0.1) is 0 Å². The number of phenolic OH excluding ortho intramolecular Hbond substituents is 1. The summed E-state index contributed by atoms with van der Waals surface area (Å²) in [6, 6.07) is 1.72. The number of hydrogen-bond acceptors (Lipinski definition) is 3. The van der Waals surface area contributed by atoms with Gasteiger partial charge in [-0.3, -0.25) is 0 Å². The Morgan fingerprint density at radius 2 is 2.12 bits per heavy atom. The van der Waals surface area contributed by atoms with E-state index in [2.05, 4.69) is 0 Å². The molecule has 3 nitrogen and oxygen atoms in total. The molecule has 1 saturated carbocycles. The van der Waals surface area contributed by atoms with Crippen LogP contribution in [-0.4, -0.2) is 17.3 Å². The smallest absolute Gasteiger partial charge is 0.165 e. The molecule has 0 saturated heterocycles. The van der Waals surface area contributed by atoms with Gasteiger partial charge in [-0.05, 0) is 30.9 Å². The maximum Gasteiger partial charge on any atom is 0.165 e. The second-order valence-electron chi connectivity index (χ2n) is 4.16. The Hall–Kier alpha value is -0.930. The van der Waals surface area contributed by atoms with E-state index in [1.807, 2.05) is 6.92 Å². The summed E-state index contributed by atoms with van der Waals surface area (Å²) >= 11 is 6.19. The lowest BCUT2D eigenvalue weighted by molar-refractivity contribution is 0.147. The molecule has 2 rings (SSSR count). The lowest BCUT2D eigenvalue weighted by Crippen LogP contribution is -2.08. The minimum Gasteiger partial charge on any atom is -0.504 e. The minimum atomic E-state index is -0.959. The van der Waals surface area contributed by atoms with Gasteiger partial charge in [-0.15, -0.1) is 0 Å². The average Bonchev–Trinajstić information content (AvgIpc) is 2.98. The SMILES string of the molecule is CCc1cc(OC)c(O)c(C2(O)CC2)c1Cl. The predicted octanol–water partition coefficient (Wildman–Crippen LogP) is 2.60. The first-order chi connectivity index (χ1) is 7.53. The maximum atomic E-state index is 10.1. The monoisotopic (exact) mass is 242 g/mol. The number of benzene rings is 1. The van der Waals surface area contributed by atoms with Crippen molar-refractivity contribution in [3.63, 3.8) is 0 Å². The Kier molecular flexibility index (Phi) is 2.76. The number of phenols is 1. The standard InChI is InChI=1S/C12H15ClO3/c1-3-7-6-8(16-2)11(14)9(10(7)13)12(15)4-5-12/h6,14-15H,3-5H2,1-2H3. The van der Waals surface area contributed by atoms with Crippen LogP contribution in [0.25, 0.3) is 0 Å². The summed E-state index contributed by atoms with van der Waals surface area (Å²) in [6.45, 7) is 1.97. The Morgan fingerprint density at radius 1 is 1.50 bits per heavy atom. The van der Waals surface area contributed by atoms with Crippen molar-refractivity contribution >= 4 is 11.6 Å². The van der Waals surface area contributed by atoms with Crippen molar-refractivity contribution in [3.05, 3.63) is 22.2 Å². The van der Waals surface area contributed by atoms with Crippen molar-refractivity contribution in [2.75, 3.05) is 7.11 Å². The fraction of sp³-hybridized carbons (Fsp3) is 0.500. The molecule has 2 N–H and O–H groups in total. The van der Waals surface area contributed by atoms with Crippen LogP contribution in [0.15, 0.2) is 6.07 Å². The molecule has 1 aliphatic rings. The van der Waals surface area contributed by atoms with Crippen molar-refractivity contribution in [2.45, 2.75) is 31.8 Å². The number of aromatic hydroxyl groups is 1. The first-order valence-electron chi connectivity index (χ1n) is 5.34. The molecule has 16 heavy (non-hydrogen) atoms. The highest BCUT2D eigenvalue weighted by atomic mass is 35.5. The zero-order valence-electron chi connectivity index (χ0n) is 9.38. The van der Waals surface area contributed by atoms with Gasteiger partial charge in [0.25, 0.3) is 0 Å². The molecule has 0 aliphatic heterocycles. The Labute approximate surface area is 99.6 Å². The van der Waals surface area contributed by atoms with Crippen LogP contribution in [-0.2, 0) is 12.0 Å². The van der Waals surface area contributed by atoms with Gasteiger partial charge in [0, 0.05) is 5.56 Å². The molecule has 88 valence electrons. The molecular formula is C12H15ClO3. The third-order valence-corrected chi connectivity index (χ3v) is 3.50. The fourth-order valence-electron chi connectivity index (χ4n) is 1.88. The fourth-order valence-corrected chi connectivity index (χ4v) is 2.34. The van der Waals surface area contributed by atoms with Gasteiger partial charge >= 0.3 is 0 Å².